The van der Waals surface area contributed by atoms with E-state index in [9.17, 15) is 4.79 Å². The monoisotopic (exact) mass is 220 g/mol. The van der Waals surface area contributed by atoms with E-state index in [0.717, 1.165) is 4.88 Å². The molecule has 3 N–H and O–H groups in total. The summed E-state index contributed by atoms with van der Waals surface area (Å²) in [6.45, 7) is 0. The molecule has 2 aromatic heterocycles. The SMILES string of the molecule is Nc1cccc(-c2ccc(C(=O)O)s2)n1. The number of nitrogens with zero attached hydrogens (tertiary/aromatic N) is 1. The number of aromatic nitrogens is 1. The van der Waals surface area contributed by atoms with Crippen molar-refractivity contribution in [1.29, 1.82) is 0 Å². The largest absolute Gasteiger partial charge is 0.477 e. The number of aromatic carboxylic acids is 1. The van der Waals surface area contributed by atoms with E-state index in [-0.39, 0.29) is 0 Å². The molecule has 0 aromatic carbocycles. The number of carbonyl (C=O) groups is 1. The van der Waals surface area contributed by atoms with Gasteiger partial charge in [-0.1, -0.05) is 6.07 Å². The highest BCUT2D eigenvalue weighted by atomic mass is 32.1. The predicted molar refractivity (Wildman–Crippen MR) is 58.9 cm³/mol. The molecular weight excluding hydrogens is 212 g/mol. The van der Waals surface area contributed by atoms with Crippen LogP contribution in [0.3, 0.4) is 0 Å². The predicted octanol–water partition coefficient (Wildman–Crippen LogP) is 2.09. The van der Waals surface area contributed by atoms with Crippen LogP contribution in [-0.2, 0) is 0 Å². The van der Waals surface area contributed by atoms with Crippen LogP contribution in [0, 0.1) is 0 Å². The minimum absolute atomic E-state index is 0.300. The summed E-state index contributed by atoms with van der Waals surface area (Å²) in [5.74, 6) is -0.493. The number of rotatable bonds is 2. The van der Waals surface area contributed by atoms with Crippen LogP contribution in [0.25, 0.3) is 10.6 Å². The normalized spacial score (nSPS) is 10.1. The van der Waals surface area contributed by atoms with Crippen molar-refractivity contribution in [3.05, 3.63) is 35.2 Å². The fraction of sp³-hybridized carbons (Fsp3) is 0. The maximum Gasteiger partial charge on any atom is 0.345 e. The average Bonchev–Trinajstić information content (AvgIpc) is 2.66. The van der Waals surface area contributed by atoms with Gasteiger partial charge in [0.05, 0.1) is 10.6 Å². The zero-order chi connectivity index (χ0) is 10.8. The Morgan fingerprint density at radius 1 is 1.33 bits per heavy atom. The molecule has 0 atom stereocenters. The van der Waals surface area contributed by atoms with Gasteiger partial charge in [-0.2, -0.15) is 0 Å². The lowest BCUT2D eigenvalue weighted by atomic mass is 10.3. The number of thiophene rings is 1. The van der Waals surface area contributed by atoms with Gasteiger partial charge < -0.3 is 10.8 Å². The Balaban J connectivity index is 2.41. The van der Waals surface area contributed by atoms with Crippen molar-refractivity contribution in [2.75, 3.05) is 5.73 Å². The maximum absolute atomic E-state index is 10.7. The number of carboxylic acids is 1. The molecular formula is C10H8N2O2S. The van der Waals surface area contributed by atoms with Gasteiger partial charge in [-0.15, -0.1) is 11.3 Å². The van der Waals surface area contributed by atoms with Gasteiger partial charge in [0.2, 0.25) is 0 Å². The number of hydrogen-bond donors (Lipinski definition) is 2. The van der Waals surface area contributed by atoms with Crippen molar-refractivity contribution in [1.82, 2.24) is 4.98 Å². The zero-order valence-electron chi connectivity index (χ0n) is 7.68. The molecule has 0 saturated carbocycles. The summed E-state index contributed by atoms with van der Waals surface area (Å²) in [6, 6.07) is 8.57. The minimum Gasteiger partial charge on any atom is -0.477 e. The van der Waals surface area contributed by atoms with Gasteiger partial charge in [-0.3, -0.25) is 0 Å². The third-order valence-corrected chi connectivity index (χ3v) is 2.94. The van der Waals surface area contributed by atoms with Crippen molar-refractivity contribution < 1.29 is 9.90 Å². The summed E-state index contributed by atoms with van der Waals surface area (Å²) < 4.78 is 0. The van der Waals surface area contributed by atoms with Crippen LogP contribution in [0.1, 0.15) is 9.67 Å². The molecule has 15 heavy (non-hydrogen) atoms. The summed E-state index contributed by atoms with van der Waals surface area (Å²) >= 11 is 1.19. The highest BCUT2D eigenvalue weighted by molar-refractivity contribution is 7.17. The van der Waals surface area contributed by atoms with E-state index in [1.807, 2.05) is 0 Å². The van der Waals surface area contributed by atoms with Gasteiger partial charge in [0.1, 0.15) is 10.7 Å². The van der Waals surface area contributed by atoms with Crippen molar-refractivity contribution in [3.63, 3.8) is 0 Å². The number of hydrogen-bond acceptors (Lipinski definition) is 4. The number of nitrogen functional groups attached to an aromatic ring is 1. The van der Waals surface area contributed by atoms with E-state index in [0.29, 0.717) is 16.4 Å². The Morgan fingerprint density at radius 2 is 2.13 bits per heavy atom. The molecule has 0 aliphatic heterocycles. The number of anilines is 1. The molecule has 5 heteroatoms. The molecule has 0 fully saturated rings. The van der Waals surface area contributed by atoms with E-state index >= 15 is 0 Å². The van der Waals surface area contributed by atoms with Crippen molar-refractivity contribution >= 4 is 23.1 Å². The molecule has 0 aliphatic carbocycles. The van der Waals surface area contributed by atoms with Crippen LogP contribution in [-0.4, -0.2) is 16.1 Å². The van der Waals surface area contributed by atoms with Crippen LogP contribution < -0.4 is 5.73 Å². The second-order valence-corrected chi connectivity index (χ2v) is 4.00. The molecule has 0 aliphatic rings. The first-order chi connectivity index (χ1) is 7.16. The van der Waals surface area contributed by atoms with Crippen molar-refractivity contribution in [2.24, 2.45) is 0 Å². The summed E-state index contributed by atoms with van der Waals surface area (Å²) in [5.41, 5.74) is 6.24. The van der Waals surface area contributed by atoms with Crippen LogP contribution in [0.5, 0.6) is 0 Å². The van der Waals surface area contributed by atoms with Crippen LogP contribution in [0.4, 0.5) is 5.82 Å². The Kier molecular flexibility index (Phi) is 2.39. The zero-order valence-corrected chi connectivity index (χ0v) is 8.49. The van der Waals surface area contributed by atoms with Crippen molar-refractivity contribution in [3.8, 4) is 10.6 Å². The van der Waals surface area contributed by atoms with E-state index < -0.39 is 5.97 Å². The minimum atomic E-state index is -0.921. The van der Waals surface area contributed by atoms with Gasteiger partial charge in [0, 0.05) is 0 Å². The van der Waals surface area contributed by atoms with E-state index in [1.54, 1.807) is 30.3 Å². The van der Waals surface area contributed by atoms with E-state index in [4.69, 9.17) is 10.8 Å². The first-order valence-corrected chi connectivity index (χ1v) is 5.04. The third-order valence-electron chi connectivity index (χ3n) is 1.84. The lowest BCUT2D eigenvalue weighted by Gasteiger charge is -1.96. The molecule has 2 heterocycles. The Labute approximate surface area is 90.0 Å². The summed E-state index contributed by atoms with van der Waals surface area (Å²) in [7, 11) is 0. The topological polar surface area (TPSA) is 76.2 Å². The smallest absolute Gasteiger partial charge is 0.345 e. The summed E-state index contributed by atoms with van der Waals surface area (Å²) in [6.07, 6.45) is 0. The summed E-state index contributed by atoms with van der Waals surface area (Å²) in [4.78, 5) is 15.9. The van der Waals surface area contributed by atoms with Gasteiger partial charge >= 0.3 is 5.97 Å². The Bertz CT molecular complexity index is 508. The first kappa shape index (κ1) is 9.67. The molecule has 0 unspecified atom stereocenters. The standard InChI is InChI=1S/C10H8N2O2S/c11-9-3-1-2-6(12-9)7-4-5-8(15-7)10(13)14/h1-5H,(H2,11,12)(H,13,14). The Morgan fingerprint density at radius 3 is 2.73 bits per heavy atom. The van der Waals surface area contributed by atoms with Crippen LogP contribution >= 0.6 is 11.3 Å². The molecule has 76 valence electrons. The second kappa shape index (κ2) is 3.70. The lowest BCUT2D eigenvalue weighted by Crippen LogP contribution is -1.90. The molecule has 0 radical (unpaired) electrons. The van der Waals surface area contributed by atoms with Gasteiger partial charge in [0.25, 0.3) is 0 Å². The fourth-order valence-corrected chi connectivity index (χ4v) is 1.99. The lowest BCUT2D eigenvalue weighted by molar-refractivity contribution is 0.0702. The fourth-order valence-electron chi connectivity index (χ4n) is 1.18. The number of pyridine rings is 1. The van der Waals surface area contributed by atoms with Crippen molar-refractivity contribution in [2.45, 2.75) is 0 Å². The van der Waals surface area contributed by atoms with Gasteiger partial charge in [-0.25, -0.2) is 9.78 Å². The number of nitrogens with two attached hydrogens (primary N) is 1. The quantitative estimate of drug-likeness (QED) is 0.812. The molecule has 0 bridgehead atoms. The molecule has 2 rings (SSSR count). The molecule has 0 saturated heterocycles. The summed E-state index contributed by atoms with van der Waals surface area (Å²) in [5, 5.41) is 8.76. The second-order valence-electron chi connectivity index (χ2n) is 2.92. The van der Waals surface area contributed by atoms with Gasteiger partial charge in [-0.05, 0) is 24.3 Å². The van der Waals surface area contributed by atoms with Gasteiger partial charge in [0.15, 0.2) is 0 Å². The van der Waals surface area contributed by atoms with Crippen LogP contribution in [0.15, 0.2) is 30.3 Å². The Hall–Kier alpha value is -1.88. The average molecular weight is 220 g/mol. The number of carboxylic acid groups (broad SMARTS) is 1. The first-order valence-electron chi connectivity index (χ1n) is 4.23. The van der Waals surface area contributed by atoms with E-state index in [2.05, 4.69) is 4.98 Å². The van der Waals surface area contributed by atoms with Crippen LogP contribution in [0.2, 0.25) is 0 Å². The van der Waals surface area contributed by atoms with E-state index in [1.165, 1.54) is 11.3 Å². The molecule has 4 nitrogen and oxygen atoms in total. The highest BCUT2D eigenvalue weighted by Gasteiger charge is 2.08. The highest BCUT2D eigenvalue weighted by Crippen LogP contribution is 2.26. The molecule has 0 spiro atoms. The molecule has 0 amide bonds. The maximum atomic E-state index is 10.7. The third kappa shape index (κ3) is 1.97. The molecule has 2 aromatic rings.